The van der Waals surface area contributed by atoms with Crippen molar-refractivity contribution in [2.24, 2.45) is 0 Å². The molecule has 3 aromatic rings. The first kappa shape index (κ1) is 17.9. The lowest BCUT2D eigenvalue weighted by molar-refractivity contribution is 0.453. The fourth-order valence-corrected chi connectivity index (χ4v) is 3.79. The number of piperidine rings is 1. The second kappa shape index (κ2) is 7.64. The molecule has 0 radical (unpaired) electrons. The van der Waals surface area contributed by atoms with Crippen LogP contribution in [0.4, 0.5) is 5.82 Å². The molecule has 3 heterocycles. The van der Waals surface area contributed by atoms with Gasteiger partial charge in [0, 0.05) is 31.5 Å². The third-order valence-electron chi connectivity index (χ3n) is 5.47. The van der Waals surface area contributed by atoms with Gasteiger partial charge < -0.3 is 15.6 Å². The number of nitrogens with one attached hydrogen (secondary N) is 3. The highest BCUT2D eigenvalue weighted by Crippen LogP contribution is 2.23. The minimum absolute atomic E-state index is 0.489. The maximum Gasteiger partial charge on any atom is 0.129 e. The van der Waals surface area contributed by atoms with Crippen molar-refractivity contribution < 1.29 is 0 Å². The SMILES string of the molecule is Cc1nc(NCCc2nc3c(C)c(C)ccc3[nH]2)cc([C@@H]2CCCNC2)n1. The van der Waals surface area contributed by atoms with Gasteiger partial charge >= 0.3 is 0 Å². The van der Waals surface area contributed by atoms with Crippen LogP contribution in [0.1, 0.15) is 47.2 Å². The molecule has 3 N–H and O–H groups in total. The van der Waals surface area contributed by atoms with E-state index in [0.717, 1.165) is 60.2 Å². The number of anilines is 1. The predicted octanol–water partition coefficient (Wildman–Crippen LogP) is 3.40. The van der Waals surface area contributed by atoms with Crippen molar-refractivity contribution in [2.45, 2.75) is 46.0 Å². The topological polar surface area (TPSA) is 78.5 Å². The van der Waals surface area contributed by atoms with Gasteiger partial charge in [0.25, 0.3) is 0 Å². The van der Waals surface area contributed by atoms with E-state index in [1.54, 1.807) is 0 Å². The van der Waals surface area contributed by atoms with Crippen LogP contribution < -0.4 is 10.6 Å². The van der Waals surface area contributed by atoms with Crippen molar-refractivity contribution in [3.05, 3.63) is 46.7 Å². The number of aromatic nitrogens is 4. The van der Waals surface area contributed by atoms with E-state index in [9.17, 15) is 0 Å². The number of aryl methyl sites for hydroxylation is 3. The molecule has 0 aliphatic carbocycles. The molecule has 0 saturated carbocycles. The Balaban J connectivity index is 1.43. The van der Waals surface area contributed by atoms with E-state index in [4.69, 9.17) is 4.98 Å². The molecule has 1 saturated heterocycles. The summed E-state index contributed by atoms with van der Waals surface area (Å²) < 4.78 is 0. The second-order valence-corrected chi connectivity index (χ2v) is 7.53. The first-order valence-corrected chi connectivity index (χ1v) is 9.85. The predicted molar refractivity (Wildman–Crippen MR) is 109 cm³/mol. The minimum Gasteiger partial charge on any atom is -0.370 e. The van der Waals surface area contributed by atoms with E-state index in [0.29, 0.717) is 5.92 Å². The van der Waals surface area contributed by atoms with Crippen molar-refractivity contribution >= 4 is 16.9 Å². The minimum atomic E-state index is 0.489. The quantitative estimate of drug-likeness (QED) is 0.647. The van der Waals surface area contributed by atoms with Crippen LogP contribution in [0.2, 0.25) is 0 Å². The monoisotopic (exact) mass is 364 g/mol. The maximum absolute atomic E-state index is 4.78. The fourth-order valence-electron chi connectivity index (χ4n) is 3.79. The van der Waals surface area contributed by atoms with Gasteiger partial charge in [0.15, 0.2) is 0 Å². The van der Waals surface area contributed by atoms with Crippen molar-refractivity contribution in [3.63, 3.8) is 0 Å². The molecular weight excluding hydrogens is 336 g/mol. The van der Waals surface area contributed by atoms with Crippen molar-refractivity contribution in [2.75, 3.05) is 25.0 Å². The van der Waals surface area contributed by atoms with Gasteiger partial charge in [0.1, 0.15) is 17.5 Å². The second-order valence-electron chi connectivity index (χ2n) is 7.53. The zero-order valence-corrected chi connectivity index (χ0v) is 16.4. The van der Waals surface area contributed by atoms with E-state index >= 15 is 0 Å². The molecule has 27 heavy (non-hydrogen) atoms. The van der Waals surface area contributed by atoms with Crippen molar-refractivity contribution in [1.29, 1.82) is 0 Å². The summed E-state index contributed by atoms with van der Waals surface area (Å²) in [7, 11) is 0. The normalized spacial score (nSPS) is 17.4. The summed E-state index contributed by atoms with van der Waals surface area (Å²) >= 11 is 0. The van der Waals surface area contributed by atoms with Crippen molar-refractivity contribution in [1.82, 2.24) is 25.3 Å². The average molecular weight is 364 g/mol. The first-order chi connectivity index (χ1) is 13.1. The van der Waals surface area contributed by atoms with Gasteiger partial charge in [-0.05, 0) is 57.4 Å². The lowest BCUT2D eigenvalue weighted by Crippen LogP contribution is -2.29. The van der Waals surface area contributed by atoms with Crippen molar-refractivity contribution in [3.8, 4) is 0 Å². The Morgan fingerprint density at radius 1 is 1.15 bits per heavy atom. The Bertz CT molecular complexity index is 939. The van der Waals surface area contributed by atoms with Gasteiger partial charge in [-0.3, -0.25) is 0 Å². The summed E-state index contributed by atoms with van der Waals surface area (Å²) in [4.78, 5) is 17.4. The average Bonchev–Trinajstić information content (AvgIpc) is 3.09. The number of nitrogens with zero attached hydrogens (tertiary/aromatic N) is 3. The van der Waals surface area contributed by atoms with E-state index in [1.807, 2.05) is 6.92 Å². The van der Waals surface area contributed by atoms with Crippen LogP contribution in [0.25, 0.3) is 11.0 Å². The van der Waals surface area contributed by atoms with E-state index in [1.165, 1.54) is 24.0 Å². The van der Waals surface area contributed by atoms with Gasteiger partial charge in [0.05, 0.1) is 16.7 Å². The number of fused-ring (bicyclic) bond motifs is 1. The highest BCUT2D eigenvalue weighted by atomic mass is 15.0. The molecule has 0 bridgehead atoms. The Morgan fingerprint density at radius 2 is 2.04 bits per heavy atom. The Hall–Kier alpha value is -2.47. The Labute approximate surface area is 160 Å². The highest BCUT2D eigenvalue weighted by molar-refractivity contribution is 5.79. The first-order valence-electron chi connectivity index (χ1n) is 9.85. The van der Waals surface area contributed by atoms with E-state index in [2.05, 4.69) is 57.6 Å². The molecule has 4 rings (SSSR count). The van der Waals surface area contributed by atoms with Gasteiger partial charge in [-0.15, -0.1) is 0 Å². The molecule has 0 amide bonds. The third kappa shape index (κ3) is 3.95. The number of benzene rings is 1. The maximum atomic E-state index is 4.78. The molecule has 6 nitrogen and oxygen atoms in total. The highest BCUT2D eigenvalue weighted by Gasteiger charge is 2.17. The summed E-state index contributed by atoms with van der Waals surface area (Å²) in [5.41, 5.74) is 5.86. The van der Waals surface area contributed by atoms with E-state index in [-0.39, 0.29) is 0 Å². The molecule has 142 valence electrons. The summed E-state index contributed by atoms with van der Waals surface area (Å²) in [6.45, 7) is 9.13. The molecule has 1 aliphatic rings. The molecular formula is C21H28N6. The van der Waals surface area contributed by atoms with E-state index < -0.39 is 0 Å². The number of H-pyrrole nitrogens is 1. The molecule has 2 aromatic heterocycles. The number of hydrogen-bond acceptors (Lipinski definition) is 5. The van der Waals surface area contributed by atoms with Gasteiger partial charge in [-0.1, -0.05) is 6.07 Å². The molecule has 1 atom stereocenters. The Morgan fingerprint density at radius 3 is 2.85 bits per heavy atom. The van der Waals surface area contributed by atoms with Gasteiger partial charge in [-0.2, -0.15) is 0 Å². The zero-order valence-electron chi connectivity index (χ0n) is 16.4. The van der Waals surface area contributed by atoms with Crippen LogP contribution in [0.3, 0.4) is 0 Å². The van der Waals surface area contributed by atoms with Crippen LogP contribution in [-0.4, -0.2) is 39.6 Å². The number of aromatic amines is 1. The largest absolute Gasteiger partial charge is 0.370 e. The summed E-state index contributed by atoms with van der Waals surface area (Å²) in [5, 5.41) is 6.92. The van der Waals surface area contributed by atoms with Gasteiger partial charge in [-0.25, -0.2) is 15.0 Å². The lowest BCUT2D eigenvalue weighted by Gasteiger charge is -2.22. The summed E-state index contributed by atoms with van der Waals surface area (Å²) in [6.07, 6.45) is 3.23. The molecule has 1 aliphatic heterocycles. The summed E-state index contributed by atoms with van der Waals surface area (Å²) in [5.74, 6) is 3.23. The molecule has 1 fully saturated rings. The lowest BCUT2D eigenvalue weighted by atomic mass is 9.96. The molecule has 0 spiro atoms. The third-order valence-corrected chi connectivity index (χ3v) is 5.47. The standard InChI is InChI=1S/C21H28N6/c1-13-6-7-17-21(14(13)2)27-19(26-17)8-10-23-20-11-18(24-15(3)25-20)16-5-4-9-22-12-16/h6-7,11,16,22H,4-5,8-10,12H2,1-3H3,(H,26,27)(H,23,24,25)/t16-/m1/s1. The van der Waals surface area contributed by atoms with Gasteiger partial charge in [0.2, 0.25) is 0 Å². The van der Waals surface area contributed by atoms with Crippen LogP contribution in [0, 0.1) is 20.8 Å². The smallest absolute Gasteiger partial charge is 0.129 e. The molecule has 1 aromatic carbocycles. The van der Waals surface area contributed by atoms with Crippen LogP contribution in [0.15, 0.2) is 18.2 Å². The summed E-state index contributed by atoms with van der Waals surface area (Å²) in [6, 6.07) is 6.36. The van der Waals surface area contributed by atoms with Crippen LogP contribution in [0.5, 0.6) is 0 Å². The molecule has 6 heteroatoms. The number of imidazole rings is 1. The zero-order chi connectivity index (χ0) is 18.8. The Kier molecular flexibility index (Phi) is 5.07. The van der Waals surface area contributed by atoms with Crippen LogP contribution in [-0.2, 0) is 6.42 Å². The fraction of sp³-hybridized carbons (Fsp3) is 0.476. The molecule has 0 unspecified atom stereocenters. The number of hydrogen-bond donors (Lipinski definition) is 3. The number of rotatable bonds is 5. The van der Waals surface area contributed by atoms with Crippen LogP contribution >= 0.6 is 0 Å².